The highest BCUT2D eigenvalue weighted by atomic mass is 16.3. The molecule has 3 N–H and O–H groups in total. The number of aromatic nitrogens is 3. The summed E-state index contributed by atoms with van der Waals surface area (Å²) in [5.74, 6) is -0.295. The average Bonchev–Trinajstić information content (AvgIpc) is 2.72. The Kier molecular flexibility index (Phi) is 3.70. The molecule has 1 aromatic rings. The Morgan fingerprint density at radius 3 is 3.12 bits per heavy atom. The number of nitrogens with one attached hydrogen (secondary N) is 2. The van der Waals surface area contributed by atoms with E-state index < -0.39 is 6.10 Å². The number of hydrogen-bond donors (Lipinski definition) is 3. The van der Waals surface area contributed by atoms with Gasteiger partial charge >= 0.3 is 0 Å². The lowest BCUT2D eigenvalue weighted by Gasteiger charge is -2.26. The smallest absolute Gasteiger partial charge is 0.273 e. The highest BCUT2D eigenvalue weighted by molar-refractivity contribution is 5.91. The molecule has 7 heteroatoms. The van der Waals surface area contributed by atoms with Crippen LogP contribution in [-0.2, 0) is 0 Å². The summed E-state index contributed by atoms with van der Waals surface area (Å²) in [5, 5.41) is 22.8. The van der Waals surface area contributed by atoms with Gasteiger partial charge in [-0.25, -0.2) is 4.68 Å². The molecule has 1 fully saturated rings. The topological polar surface area (TPSA) is 92.1 Å². The molecule has 94 valence electrons. The van der Waals surface area contributed by atoms with Crippen molar-refractivity contribution in [2.24, 2.45) is 0 Å². The first-order chi connectivity index (χ1) is 8.20. The van der Waals surface area contributed by atoms with Crippen LogP contribution < -0.4 is 10.6 Å². The van der Waals surface area contributed by atoms with E-state index in [1.54, 1.807) is 10.9 Å². The monoisotopic (exact) mass is 239 g/mol. The number of nitrogens with zero attached hydrogens (tertiary/aromatic N) is 3. The summed E-state index contributed by atoms with van der Waals surface area (Å²) in [4.78, 5) is 11.7. The molecule has 0 spiro atoms. The van der Waals surface area contributed by atoms with E-state index in [1.165, 1.54) is 0 Å². The van der Waals surface area contributed by atoms with Crippen LogP contribution in [0.1, 0.15) is 29.9 Å². The molecule has 2 rings (SSSR count). The standard InChI is InChI=1S/C10H17N5O2/c1-2-8(16)5-12-10(17)9-6-15(14-13-9)7-3-11-4-7/h6-8,11,16H,2-5H2,1H3,(H,12,17). The van der Waals surface area contributed by atoms with Crippen molar-refractivity contribution in [3.63, 3.8) is 0 Å². The van der Waals surface area contributed by atoms with Crippen LogP contribution in [0.15, 0.2) is 6.20 Å². The van der Waals surface area contributed by atoms with Gasteiger partial charge in [-0.15, -0.1) is 5.10 Å². The Labute approximate surface area is 99.2 Å². The molecule has 1 atom stereocenters. The van der Waals surface area contributed by atoms with Crippen LogP contribution in [-0.4, -0.2) is 51.7 Å². The Morgan fingerprint density at radius 1 is 1.76 bits per heavy atom. The lowest BCUT2D eigenvalue weighted by Crippen LogP contribution is -2.43. The van der Waals surface area contributed by atoms with E-state index in [4.69, 9.17) is 0 Å². The van der Waals surface area contributed by atoms with Crippen molar-refractivity contribution in [3.05, 3.63) is 11.9 Å². The van der Waals surface area contributed by atoms with E-state index in [1.807, 2.05) is 6.92 Å². The quantitative estimate of drug-likeness (QED) is 0.608. The van der Waals surface area contributed by atoms with Gasteiger partial charge in [-0.05, 0) is 6.42 Å². The van der Waals surface area contributed by atoms with Gasteiger partial charge in [-0.1, -0.05) is 12.1 Å². The minimum Gasteiger partial charge on any atom is -0.391 e. The van der Waals surface area contributed by atoms with Gasteiger partial charge in [0.25, 0.3) is 5.91 Å². The second-order valence-corrected chi connectivity index (χ2v) is 4.17. The van der Waals surface area contributed by atoms with Gasteiger partial charge < -0.3 is 15.7 Å². The van der Waals surface area contributed by atoms with E-state index in [9.17, 15) is 9.90 Å². The molecule has 0 saturated carbocycles. The predicted octanol–water partition coefficient (Wildman–Crippen LogP) is -1.08. The minimum atomic E-state index is -0.509. The molecule has 2 heterocycles. The van der Waals surface area contributed by atoms with Gasteiger partial charge in [-0.2, -0.15) is 0 Å². The summed E-state index contributed by atoms with van der Waals surface area (Å²) in [6.45, 7) is 3.82. The third kappa shape index (κ3) is 2.80. The molecular weight excluding hydrogens is 222 g/mol. The molecule has 1 amide bonds. The fourth-order valence-corrected chi connectivity index (χ4v) is 1.47. The summed E-state index contributed by atoms with van der Waals surface area (Å²) < 4.78 is 1.70. The number of aliphatic hydroxyl groups excluding tert-OH is 1. The highest BCUT2D eigenvalue weighted by Crippen LogP contribution is 2.09. The summed E-state index contributed by atoms with van der Waals surface area (Å²) >= 11 is 0. The average molecular weight is 239 g/mol. The number of rotatable bonds is 5. The zero-order chi connectivity index (χ0) is 12.3. The maximum atomic E-state index is 11.7. The normalized spacial score (nSPS) is 17.5. The van der Waals surface area contributed by atoms with E-state index in [2.05, 4.69) is 20.9 Å². The van der Waals surface area contributed by atoms with Gasteiger partial charge in [0.2, 0.25) is 0 Å². The molecule has 1 aromatic heterocycles. The van der Waals surface area contributed by atoms with Crippen LogP contribution in [0.5, 0.6) is 0 Å². The van der Waals surface area contributed by atoms with Crippen LogP contribution in [0.2, 0.25) is 0 Å². The summed E-state index contributed by atoms with van der Waals surface area (Å²) in [6, 6.07) is 0.297. The predicted molar refractivity (Wildman–Crippen MR) is 60.6 cm³/mol. The number of carbonyl (C=O) groups is 1. The molecule has 0 bridgehead atoms. The minimum absolute atomic E-state index is 0.243. The Hall–Kier alpha value is -1.47. The molecule has 0 radical (unpaired) electrons. The molecule has 1 aliphatic rings. The first-order valence-electron chi connectivity index (χ1n) is 5.79. The Morgan fingerprint density at radius 2 is 2.53 bits per heavy atom. The number of carbonyl (C=O) groups excluding carboxylic acids is 1. The van der Waals surface area contributed by atoms with Gasteiger partial charge in [0.05, 0.1) is 18.3 Å². The molecule has 17 heavy (non-hydrogen) atoms. The SMILES string of the molecule is CCC(O)CNC(=O)c1cn(C2CNC2)nn1. The summed E-state index contributed by atoms with van der Waals surface area (Å²) in [7, 11) is 0. The second-order valence-electron chi connectivity index (χ2n) is 4.17. The number of amides is 1. The molecule has 1 unspecified atom stereocenters. The highest BCUT2D eigenvalue weighted by Gasteiger charge is 2.21. The third-order valence-corrected chi connectivity index (χ3v) is 2.85. The largest absolute Gasteiger partial charge is 0.391 e. The van der Waals surface area contributed by atoms with Crippen molar-refractivity contribution < 1.29 is 9.90 Å². The van der Waals surface area contributed by atoms with Crippen LogP contribution in [0.4, 0.5) is 0 Å². The Bertz CT molecular complexity index is 388. The van der Waals surface area contributed by atoms with E-state index >= 15 is 0 Å². The van der Waals surface area contributed by atoms with Gasteiger partial charge in [0.1, 0.15) is 0 Å². The Balaban J connectivity index is 1.88. The van der Waals surface area contributed by atoms with Crippen molar-refractivity contribution in [2.75, 3.05) is 19.6 Å². The summed E-state index contributed by atoms with van der Waals surface area (Å²) in [5.41, 5.74) is 0.292. The van der Waals surface area contributed by atoms with Crippen molar-refractivity contribution >= 4 is 5.91 Å². The lowest BCUT2D eigenvalue weighted by atomic mass is 10.2. The molecule has 1 saturated heterocycles. The number of hydrogen-bond acceptors (Lipinski definition) is 5. The molecular formula is C10H17N5O2. The second kappa shape index (κ2) is 5.24. The van der Waals surface area contributed by atoms with Crippen LogP contribution >= 0.6 is 0 Å². The maximum Gasteiger partial charge on any atom is 0.273 e. The molecule has 7 nitrogen and oxygen atoms in total. The van der Waals surface area contributed by atoms with Crippen LogP contribution in [0, 0.1) is 0 Å². The van der Waals surface area contributed by atoms with E-state index in [0.717, 1.165) is 13.1 Å². The zero-order valence-electron chi connectivity index (χ0n) is 9.76. The molecule has 0 aromatic carbocycles. The van der Waals surface area contributed by atoms with Crippen molar-refractivity contribution in [1.82, 2.24) is 25.6 Å². The van der Waals surface area contributed by atoms with Crippen LogP contribution in [0.3, 0.4) is 0 Å². The first-order valence-corrected chi connectivity index (χ1v) is 5.79. The third-order valence-electron chi connectivity index (χ3n) is 2.85. The zero-order valence-corrected chi connectivity index (χ0v) is 9.76. The van der Waals surface area contributed by atoms with Gasteiger partial charge in [0, 0.05) is 19.6 Å². The lowest BCUT2D eigenvalue weighted by molar-refractivity contribution is 0.0909. The van der Waals surface area contributed by atoms with Crippen molar-refractivity contribution in [3.8, 4) is 0 Å². The molecule has 1 aliphatic heterocycles. The van der Waals surface area contributed by atoms with E-state index in [-0.39, 0.29) is 12.5 Å². The van der Waals surface area contributed by atoms with E-state index in [0.29, 0.717) is 18.2 Å². The van der Waals surface area contributed by atoms with Crippen molar-refractivity contribution in [1.29, 1.82) is 0 Å². The van der Waals surface area contributed by atoms with Gasteiger partial charge in [-0.3, -0.25) is 4.79 Å². The number of aliphatic hydroxyl groups is 1. The van der Waals surface area contributed by atoms with Crippen LogP contribution in [0.25, 0.3) is 0 Å². The fourth-order valence-electron chi connectivity index (χ4n) is 1.47. The summed E-state index contributed by atoms with van der Waals surface area (Å²) in [6.07, 6.45) is 1.74. The first kappa shape index (κ1) is 12.0. The molecule has 0 aliphatic carbocycles. The van der Waals surface area contributed by atoms with Gasteiger partial charge in [0.15, 0.2) is 5.69 Å². The van der Waals surface area contributed by atoms with Crippen molar-refractivity contribution in [2.45, 2.75) is 25.5 Å². The fraction of sp³-hybridized carbons (Fsp3) is 0.700. The maximum absolute atomic E-state index is 11.7.